The Morgan fingerprint density at radius 1 is 1.06 bits per heavy atom. The summed E-state index contributed by atoms with van der Waals surface area (Å²) in [6.45, 7) is 5.39. The molecular weight excluding hydrogens is 416 g/mol. The van der Waals surface area contributed by atoms with Gasteiger partial charge in [0, 0.05) is 42.1 Å². The van der Waals surface area contributed by atoms with Gasteiger partial charge in [0.2, 0.25) is 11.9 Å². The van der Waals surface area contributed by atoms with E-state index in [0.717, 1.165) is 35.5 Å². The largest absolute Gasteiger partial charge is 0.365 e. The SMILES string of the molecule is C=CC(=O)Nc1cccc(-c2nccc3cnc(Nc4ccc(NC5CNC5)nc4)nc23)c1. The van der Waals surface area contributed by atoms with Gasteiger partial charge in [0.1, 0.15) is 11.3 Å². The molecule has 3 aromatic heterocycles. The van der Waals surface area contributed by atoms with Crippen LogP contribution < -0.4 is 21.3 Å². The first-order valence-corrected chi connectivity index (χ1v) is 10.5. The highest BCUT2D eigenvalue weighted by Gasteiger charge is 2.16. The average Bonchev–Trinajstić information content (AvgIpc) is 2.82. The number of nitrogens with zero attached hydrogens (tertiary/aromatic N) is 4. The van der Waals surface area contributed by atoms with Gasteiger partial charge in [0.25, 0.3) is 0 Å². The normalized spacial score (nSPS) is 13.2. The van der Waals surface area contributed by atoms with Gasteiger partial charge in [-0.3, -0.25) is 9.78 Å². The molecule has 1 aliphatic rings. The van der Waals surface area contributed by atoms with Gasteiger partial charge in [-0.1, -0.05) is 18.7 Å². The molecule has 9 heteroatoms. The molecule has 1 amide bonds. The van der Waals surface area contributed by atoms with Crippen molar-refractivity contribution >= 4 is 40.0 Å². The van der Waals surface area contributed by atoms with Crippen LogP contribution in [0.25, 0.3) is 22.2 Å². The smallest absolute Gasteiger partial charge is 0.247 e. The van der Waals surface area contributed by atoms with Crippen molar-refractivity contribution in [1.29, 1.82) is 0 Å². The van der Waals surface area contributed by atoms with Gasteiger partial charge in [0.15, 0.2) is 0 Å². The lowest BCUT2D eigenvalue weighted by Crippen LogP contribution is -2.51. The third kappa shape index (κ3) is 4.63. The van der Waals surface area contributed by atoms with Crippen LogP contribution in [0.4, 0.5) is 23.1 Å². The Kier molecular flexibility index (Phi) is 5.61. The Hall–Kier alpha value is -4.37. The van der Waals surface area contributed by atoms with Crippen molar-refractivity contribution in [2.24, 2.45) is 0 Å². The first-order chi connectivity index (χ1) is 16.2. The first-order valence-electron chi connectivity index (χ1n) is 10.5. The van der Waals surface area contributed by atoms with Crippen LogP contribution in [0.1, 0.15) is 0 Å². The maximum Gasteiger partial charge on any atom is 0.247 e. The Morgan fingerprint density at radius 2 is 1.97 bits per heavy atom. The van der Waals surface area contributed by atoms with Crippen LogP contribution in [0.3, 0.4) is 0 Å². The molecule has 0 spiro atoms. The van der Waals surface area contributed by atoms with E-state index in [0.29, 0.717) is 28.9 Å². The van der Waals surface area contributed by atoms with Crippen LogP contribution in [-0.4, -0.2) is 45.0 Å². The summed E-state index contributed by atoms with van der Waals surface area (Å²) in [5.74, 6) is 1.01. The van der Waals surface area contributed by atoms with Crippen LogP contribution in [0.5, 0.6) is 0 Å². The summed E-state index contributed by atoms with van der Waals surface area (Å²) < 4.78 is 0. The Morgan fingerprint density at radius 3 is 2.73 bits per heavy atom. The number of rotatable bonds is 7. The van der Waals surface area contributed by atoms with E-state index in [1.54, 1.807) is 18.6 Å². The minimum Gasteiger partial charge on any atom is -0.365 e. The molecule has 0 saturated carbocycles. The molecule has 5 rings (SSSR count). The minimum absolute atomic E-state index is 0.272. The monoisotopic (exact) mass is 438 g/mol. The van der Waals surface area contributed by atoms with E-state index in [1.807, 2.05) is 42.5 Å². The Balaban J connectivity index is 1.41. The van der Waals surface area contributed by atoms with Gasteiger partial charge in [0.05, 0.1) is 23.6 Å². The highest BCUT2D eigenvalue weighted by molar-refractivity contribution is 5.99. The molecule has 4 N–H and O–H groups in total. The van der Waals surface area contributed by atoms with Crippen molar-refractivity contribution in [2.45, 2.75) is 6.04 Å². The van der Waals surface area contributed by atoms with Crippen LogP contribution in [0.15, 0.2) is 73.7 Å². The third-order valence-electron chi connectivity index (χ3n) is 5.24. The van der Waals surface area contributed by atoms with E-state index in [1.165, 1.54) is 6.08 Å². The molecule has 0 radical (unpaired) electrons. The van der Waals surface area contributed by atoms with Gasteiger partial charge < -0.3 is 21.3 Å². The fraction of sp³-hybridized carbons (Fsp3) is 0.125. The second-order valence-corrected chi connectivity index (χ2v) is 7.62. The van der Waals surface area contributed by atoms with Crippen LogP contribution in [0, 0.1) is 0 Å². The number of nitrogens with one attached hydrogen (secondary N) is 4. The molecule has 0 atom stereocenters. The number of carbonyl (C=O) groups excluding carboxylic acids is 1. The molecule has 1 fully saturated rings. The zero-order valence-corrected chi connectivity index (χ0v) is 17.7. The van der Waals surface area contributed by atoms with Crippen LogP contribution >= 0.6 is 0 Å². The minimum atomic E-state index is -0.272. The van der Waals surface area contributed by atoms with Crippen molar-refractivity contribution in [3.05, 3.63) is 73.7 Å². The maximum atomic E-state index is 11.7. The predicted octanol–water partition coefficient (Wildman–Crippen LogP) is 3.34. The van der Waals surface area contributed by atoms with E-state index in [2.05, 4.69) is 42.8 Å². The zero-order chi connectivity index (χ0) is 22.6. The molecule has 0 bridgehead atoms. The highest BCUT2D eigenvalue weighted by Crippen LogP contribution is 2.28. The van der Waals surface area contributed by atoms with Crippen LogP contribution in [0.2, 0.25) is 0 Å². The lowest BCUT2D eigenvalue weighted by molar-refractivity contribution is -0.111. The van der Waals surface area contributed by atoms with E-state index in [9.17, 15) is 4.79 Å². The van der Waals surface area contributed by atoms with Gasteiger partial charge >= 0.3 is 0 Å². The number of carbonyl (C=O) groups is 1. The fourth-order valence-corrected chi connectivity index (χ4v) is 3.45. The van der Waals surface area contributed by atoms with Crippen molar-refractivity contribution < 1.29 is 4.79 Å². The summed E-state index contributed by atoms with van der Waals surface area (Å²) in [6.07, 6.45) is 6.45. The van der Waals surface area contributed by atoms with Crippen molar-refractivity contribution in [2.75, 3.05) is 29.0 Å². The van der Waals surface area contributed by atoms with E-state index in [4.69, 9.17) is 4.98 Å². The molecule has 1 saturated heterocycles. The fourth-order valence-electron chi connectivity index (χ4n) is 3.45. The summed E-state index contributed by atoms with van der Waals surface area (Å²) >= 11 is 0. The number of amides is 1. The third-order valence-corrected chi connectivity index (χ3v) is 5.24. The predicted molar refractivity (Wildman–Crippen MR) is 129 cm³/mol. The number of benzene rings is 1. The van der Waals surface area contributed by atoms with Gasteiger partial charge in [-0.15, -0.1) is 0 Å². The van der Waals surface area contributed by atoms with E-state index in [-0.39, 0.29) is 5.91 Å². The van der Waals surface area contributed by atoms with E-state index >= 15 is 0 Å². The molecule has 164 valence electrons. The number of anilines is 4. The topological polar surface area (TPSA) is 117 Å². The second-order valence-electron chi connectivity index (χ2n) is 7.62. The molecule has 4 aromatic rings. The molecule has 1 aliphatic heterocycles. The van der Waals surface area contributed by atoms with Gasteiger partial charge in [-0.25, -0.2) is 15.0 Å². The van der Waals surface area contributed by atoms with Gasteiger partial charge in [-0.2, -0.15) is 0 Å². The molecule has 9 nitrogen and oxygen atoms in total. The zero-order valence-electron chi connectivity index (χ0n) is 17.7. The van der Waals surface area contributed by atoms with Crippen LogP contribution in [-0.2, 0) is 4.79 Å². The number of hydrogen-bond acceptors (Lipinski definition) is 8. The number of fused-ring (bicyclic) bond motifs is 1. The molecule has 0 unspecified atom stereocenters. The van der Waals surface area contributed by atoms with Crippen molar-refractivity contribution in [3.8, 4) is 11.3 Å². The summed E-state index contributed by atoms with van der Waals surface area (Å²) in [4.78, 5) is 29.8. The number of aromatic nitrogens is 4. The van der Waals surface area contributed by atoms with E-state index < -0.39 is 0 Å². The standard InChI is InChI=1S/C24H22N8O/c1-2-21(33)30-17-5-3-4-15(10-17)22-23-16(8-9-26-22)11-28-24(32-23)31-18-6-7-20(27-14-18)29-19-12-25-13-19/h2-11,14,19,25H,1,12-13H2,(H,27,29)(H,30,33)(H,28,31,32). The maximum absolute atomic E-state index is 11.7. The molecule has 4 heterocycles. The Bertz CT molecular complexity index is 1320. The number of hydrogen-bond donors (Lipinski definition) is 4. The molecule has 1 aromatic carbocycles. The summed E-state index contributed by atoms with van der Waals surface area (Å²) in [5, 5.41) is 13.4. The highest BCUT2D eigenvalue weighted by atomic mass is 16.1. The summed E-state index contributed by atoms with van der Waals surface area (Å²) in [5.41, 5.74) is 3.66. The lowest BCUT2D eigenvalue weighted by Gasteiger charge is -2.28. The quantitative estimate of drug-likeness (QED) is 0.325. The summed E-state index contributed by atoms with van der Waals surface area (Å²) in [6, 6.07) is 13.6. The van der Waals surface area contributed by atoms with Gasteiger partial charge in [-0.05, 0) is 36.4 Å². The lowest BCUT2D eigenvalue weighted by atomic mass is 10.1. The summed E-state index contributed by atoms with van der Waals surface area (Å²) in [7, 11) is 0. The molecule has 0 aliphatic carbocycles. The Labute approximate surface area is 190 Å². The second kappa shape index (κ2) is 9.01. The van der Waals surface area contributed by atoms with Crippen molar-refractivity contribution in [1.82, 2.24) is 25.3 Å². The van der Waals surface area contributed by atoms with Crippen molar-refractivity contribution in [3.63, 3.8) is 0 Å². The average molecular weight is 438 g/mol. The molecule has 33 heavy (non-hydrogen) atoms. The molecular formula is C24H22N8O. The first kappa shape index (κ1) is 20.5. The number of pyridine rings is 2.